The Labute approximate surface area is 183 Å². The van der Waals surface area contributed by atoms with Gasteiger partial charge < -0.3 is 33.2 Å². The van der Waals surface area contributed by atoms with E-state index in [9.17, 15) is 24.0 Å². The Bertz CT molecular complexity index is 760. The predicted molar refractivity (Wildman–Crippen MR) is 99.1 cm³/mol. The Hall–Kier alpha value is -3.24. The highest BCUT2D eigenvalue weighted by Crippen LogP contribution is 2.30. The Morgan fingerprint density at radius 1 is 0.812 bits per heavy atom. The van der Waals surface area contributed by atoms with E-state index in [2.05, 4.69) is 0 Å². The van der Waals surface area contributed by atoms with Gasteiger partial charge in [-0.3, -0.25) is 24.0 Å². The fourth-order valence-electron chi connectivity index (χ4n) is 2.80. The van der Waals surface area contributed by atoms with E-state index in [1.165, 1.54) is 0 Å². The van der Waals surface area contributed by atoms with Gasteiger partial charge in [-0.2, -0.15) is 5.26 Å². The molecule has 0 bridgehead atoms. The number of hydrogen-bond donors (Lipinski definition) is 0. The minimum Gasteiger partial charge on any atom is -0.463 e. The van der Waals surface area contributed by atoms with Crippen LogP contribution in [0.1, 0.15) is 34.6 Å². The molecule has 178 valence electrons. The van der Waals surface area contributed by atoms with Gasteiger partial charge in [-0.15, -0.1) is 0 Å². The van der Waals surface area contributed by atoms with E-state index in [1.807, 2.05) is 0 Å². The third kappa shape index (κ3) is 8.86. The van der Waals surface area contributed by atoms with Crippen LogP contribution in [0.2, 0.25) is 0 Å². The van der Waals surface area contributed by atoms with Crippen molar-refractivity contribution in [2.45, 2.75) is 71.4 Å². The fraction of sp³-hybridized carbons (Fsp3) is 0.684. The van der Waals surface area contributed by atoms with Gasteiger partial charge in [-0.05, 0) is 0 Å². The smallest absolute Gasteiger partial charge is 0.304 e. The summed E-state index contributed by atoms with van der Waals surface area (Å²) in [6, 6.07) is 1.70. The number of esters is 5. The van der Waals surface area contributed by atoms with Crippen molar-refractivity contribution in [2.75, 3.05) is 13.2 Å². The summed E-state index contributed by atoms with van der Waals surface area (Å²) < 4.78 is 36.5. The molecule has 0 N–H and O–H groups in total. The molecule has 1 fully saturated rings. The average Bonchev–Trinajstić information content (AvgIpc) is 2.66. The second-order valence-corrected chi connectivity index (χ2v) is 6.63. The maximum atomic E-state index is 11.7. The summed E-state index contributed by atoms with van der Waals surface area (Å²) in [6.07, 6.45) is -8.17. The molecular formula is C19H25NO12. The number of nitriles is 1. The molecule has 0 saturated carbocycles. The lowest BCUT2D eigenvalue weighted by Gasteiger charge is -2.44. The van der Waals surface area contributed by atoms with Gasteiger partial charge in [0.1, 0.15) is 25.4 Å². The lowest BCUT2D eigenvalue weighted by Crippen LogP contribution is -2.63. The maximum Gasteiger partial charge on any atom is 0.304 e. The quantitative estimate of drug-likeness (QED) is 0.320. The summed E-state index contributed by atoms with van der Waals surface area (Å²) in [5.74, 6) is -3.78. The SMILES string of the molecule is CC(=O)OC[C@@H]1O[C@@H](OC[C@@H](C#N)OC(C)=O)[C@H](OC(C)=O)[C@H](OC(C)=O)[C@H]1OC(C)=O. The van der Waals surface area contributed by atoms with E-state index in [0.29, 0.717) is 0 Å². The third-order valence-corrected chi connectivity index (χ3v) is 3.81. The van der Waals surface area contributed by atoms with E-state index >= 15 is 0 Å². The van der Waals surface area contributed by atoms with Crippen LogP contribution in [0.4, 0.5) is 0 Å². The number of carbonyl (C=O) groups is 5. The highest BCUT2D eigenvalue weighted by molar-refractivity contribution is 5.69. The summed E-state index contributed by atoms with van der Waals surface area (Å²) in [5, 5.41) is 9.11. The molecule has 0 aromatic heterocycles. The normalized spacial score (nSPS) is 25.4. The number of nitrogens with zero attached hydrogens (tertiary/aromatic N) is 1. The molecular weight excluding hydrogens is 434 g/mol. The first-order valence-corrected chi connectivity index (χ1v) is 9.43. The van der Waals surface area contributed by atoms with E-state index in [1.54, 1.807) is 6.07 Å². The van der Waals surface area contributed by atoms with Crippen molar-refractivity contribution in [2.24, 2.45) is 0 Å². The molecule has 32 heavy (non-hydrogen) atoms. The maximum absolute atomic E-state index is 11.7. The molecule has 1 aliphatic heterocycles. The Morgan fingerprint density at radius 3 is 1.81 bits per heavy atom. The molecule has 0 aromatic carbocycles. The van der Waals surface area contributed by atoms with Gasteiger partial charge in [0.05, 0.1) is 0 Å². The molecule has 0 spiro atoms. The summed E-state index contributed by atoms with van der Waals surface area (Å²) in [6.45, 7) is 4.55. The molecule has 0 unspecified atom stereocenters. The monoisotopic (exact) mass is 459 g/mol. The molecule has 6 atom stereocenters. The van der Waals surface area contributed by atoms with Crippen LogP contribution in [-0.2, 0) is 57.1 Å². The first-order valence-electron chi connectivity index (χ1n) is 9.43. The lowest BCUT2D eigenvalue weighted by molar-refractivity contribution is -0.310. The minimum atomic E-state index is -1.47. The lowest BCUT2D eigenvalue weighted by atomic mass is 9.98. The van der Waals surface area contributed by atoms with E-state index < -0.39 is 79.9 Å². The zero-order valence-electron chi connectivity index (χ0n) is 18.2. The van der Waals surface area contributed by atoms with Crippen molar-refractivity contribution in [3.05, 3.63) is 0 Å². The second-order valence-electron chi connectivity index (χ2n) is 6.63. The third-order valence-electron chi connectivity index (χ3n) is 3.81. The van der Waals surface area contributed by atoms with Crippen LogP contribution in [0.15, 0.2) is 0 Å². The van der Waals surface area contributed by atoms with Crippen LogP contribution in [-0.4, -0.2) is 79.9 Å². The van der Waals surface area contributed by atoms with Crippen molar-refractivity contribution >= 4 is 29.8 Å². The van der Waals surface area contributed by atoms with Crippen LogP contribution in [0.5, 0.6) is 0 Å². The molecule has 0 amide bonds. The fourth-order valence-corrected chi connectivity index (χ4v) is 2.80. The van der Waals surface area contributed by atoms with Gasteiger partial charge in [0, 0.05) is 34.6 Å². The van der Waals surface area contributed by atoms with E-state index in [-0.39, 0.29) is 0 Å². The van der Waals surface area contributed by atoms with Crippen molar-refractivity contribution < 1.29 is 57.1 Å². The Balaban J connectivity index is 3.27. The highest BCUT2D eigenvalue weighted by atomic mass is 16.7. The summed E-state index contributed by atoms with van der Waals surface area (Å²) in [5.41, 5.74) is 0. The van der Waals surface area contributed by atoms with Crippen LogP contribution in [0.25, 0.3) is 0 Å². The molecule has 1 rings (SSSR count). The van der Waals surface area contributed by atoms with Crippen LogP contribution < -0.4 is 0 Å². The van der Waals surface area contributed by atoms with E-state index in [0.717, 1.165) is 34.6 Å². The van der Waals surface area contributed by atoms with Crippen LogP contribution in [0, 0.1) is 11.3 Å². The molecule has 0 radical (unpaired) electrons. The topological polar surface area (TPSA) is 174 Å². The molecule has 1 saturated heterocycles. The molecule has 1 heterocycles. The molecule has 1 aliphatic rings. The first-order chi connectivity index (χ1) is 14.9. The van der Waals surface area contributed by atoms with Crippen molar-refractivity contribution in [3.8, 4) is 6.07 Å². The number of hydrogen-bond acceptors (Lipinski definition) is 13. The largest absolute Gasteiger partial charge is 0.463 e. The Morgan fingerprint density at radius 2 is 1.34 bits per heavy atom. The number of carbonyl (C=O) groups excluding carboxylic acids is 5. The second kappa shape index (κ2) is 12.6. The standard InChI is InChI=1S/C19H25NO12/c1-9(21)26-8-15-16(29-11(3)23)17(30-12(4)24)18(31-13(5)25)19(32-15)27-7-14(6-20)28-10(2)22/h14-19H,7-8H2,1-5H3/t14-,15+,16+,17-,18-,19-/m1/s1. The summed E-state index contributed by atoms with van der Waals surface area (Å²) >= 11 is 0. The zero-order chi connectivity index (χ0) is 24.4. The van der Waals surface area contributed by atoms with Crippen molar-refractivity contribution in [1.82, 2.24) is 0 Å². The van der Waals surface area contributed by atoms with Crippen LogP contribution in [0.3, 0.4) is 0 Å². The average molecular weight is 459 g/mol. The summed E-state index contributed by atoms with van der Waals surface area (Å²) in [7, 11) is 0. The molecule has 0 aliphatic carbocycles. The number of ether oxygens (including phenoxy) is 7. The highest BCUT2D eigenvalue weighted by Gasteiger charge is 2.52. The van der Waals surface area contributed by atoms with Crippen molar-refractivity contribution in [3.63, 3.8) is 0 Å². The van der Waals surface area contributed by atoms with Gasteiger partial charge in [-0.1, -0.05) is 0 Å². The predicted octanol–water partition coefficient (Wildman–Crippen LogP) is -0.459. The van der Waals surface area contributed by atoms with Gasteiger partial charge in [0.2, 0.25) is 6.10 Å². The van der Waals surface area contributed by atoms with Gasteiger partial charge >= 0.3 is 29.8 Å². The zero-order valence-corrected chi connectivity index (χ0v) is 18.2. The summed E-state index contributed by atoms with van der Waals surface area (Å²) in [4.78, 5) is 57.4. The Kier molecular flexibility index (Phi) is 10.5. The minimum absolute atomic E-state index is 0.427. The van der Waals surface area contributed by atoms with E-state index in [4.69, 9.17) is 38.4 Å². The molecule has 0 aromatic rings. The molecule has 13 nitrogen and oxygen atoms in total. The number of rotatable bonds is 9. The van der Waals surface area contributed by atoms with Gasteiger partial charge in [-0.25, -0.2) is 0 Å². The van der Waals surface area contributed by atoms with Gasteiger partial charge in [0.15, 0.2) is 24.6 Å². The van der Waals surface area contributed by atoms with Crippen molar-refractivity contribution in [1.29, 1.82) is 5.26 Å². The van der Waals surface area contributed by atoms with Crippen LogP contribution >= 0.6 is 0 Å². The first kappa shape index (κ1) is 26.8. The molecule has 13 heteroatoms. The van der Waals surface area contributed by atoms with Gasteiger partial charge in [0.25, 0.3) is 0 Å².